The first-order valence-electron chi connectivity index (χ1n) is 10.3. The van der Waals surface area contributed by atoms with Crippen LogP contribution in [0.15, 0.2) is 18.2 Å². The molecule has 2 N–H and O–H groups in total. The zero-order valence-corrected chi connectivity index (χ0v) is 18.9. The van der Waals surface area contributed by atoms with E-state index in [2.05, 4.69) is 5.32 Å². The Labute approximate surface area is 191 Å². The average molecular weight is 475 g/mol. The maximum absolute atomic E-state index is 13.3. The van der Waals surface area contributed by atoms with Gasteiger partial charge in [0.1, 0.15) is 6.10 Å². The van der Waals surface area contributed by atoms with Gasteiger partial charge in [0, 0.05) is 35.8 Å². The second-order valence-electron chi connectivity index (χ2n) is 7.80. The van der Waals surface area contributed by atoms with Crippen LogP contribution in [-0.2, 0) is 19.0 Å². The molecule has 3 rings (SSSR count). The van der Waals surface area contributed by atoms with Gasteiger partial charge in [-0.25, -0.2) is 0 Å². The van der Waals surface area contributed by atoms with Gasteiger partial charge in [0.05, 0.1) is 44.5 Å². The van der Waals surface area contributed by atoms with Crippen molar-refractivity contribution in [2.24, 2.45) is 0 Å². The highest BCUT2D eigenvalue weighted by Gasteiger charge is 2.40. The smallest absolute Gasteiger partial charge is 0.254 e. The van der Waals surface area contributed by atoms with E-state index in [9.17, 15) is 14.7 Å². The van der Waals surface area contributed by atoms with Gasteiger partial charge in [0.25, 0.3) is 5.91 Å². The summed E-state index contributed by atoms with van der Waals surface area (Å²) in [6.45, 7) is 1.32. The largest absolute Gasteiger partial charge is 0.389 e. The number of benzene rings is 1. The number of hydrogen-bond donors (Lipinski definition) is 2. The fraction of sp³-hybridized carbons (Fsp3) is 0.619. The van der Waals surface area contributed by atoms with Gasteiger partial charge in [-0.05, 0) is 31.0 Å². The van der Waals surface area contributed by atoms with E-state index < -0.39 is 12.2 Å². The fourth-order valence-corrected chi connectivity index (χ4v) is 4.52. The summed E-state index contributed by atoms with van der Waals surface area (Å²) < 4.78 is 16.7. The van der Waals surface area contributed by atoms with Gasteiger partial charge < -0.3 is 29.5 Å². The Kier molecular flexibility index (Phi) is 8.95. The number of halogens is 2. The van der Waals surface area contributed by atoms with Crippen LogP contribution in [0.25, 0.3) is 0 Å². The molecule has 172 valence electrons. The molecule has 1 aromatic carbocycles. The Morgan fingerprint density at radius 3 is 2.68 bits per heavy atom. The lowest BCUT2D eigenvalue weighted by molar-refractivity contribution is -0.151. The number of ether oxygens (including phenoxy) is 3. The van der Waals surface area contributed by atoms with Crippen LogP contribution < -0.4 is 5.32 Å². The van der Waals surface area contributed by atoms with Crippen molar-refractivity contribution in [3.63, 3.8) is 0 Å². The molecule has 0 spiro atoms. The van der Waals surface area contributed by atoms with Gasteiger partial charge in [0.15, 0.2) is 0 Å². The van der Waals surface area contributed by atoms with Crippen molar-refractivity contribution in [3.8, 4) is 0 Å². The Balaban J connectivity index is 1.71. The van der Waals surface area contributed by atoms with Crippen molar-refractivity contribution in [2.45, 2.75) is 43.6 Å². The molecule has 1 aromatic rings. The Morgan fingerprint density at radius 1 is 1.23 bits per heavy atom. The Bertz CT molecular complexity index is 760. The van der Waals surface area contributed by atoms with E-state index in [-0.39, 0.29) is 50.1 Å². The first-order chi connectivity index (χ1) is 14.9. The van der Waals surface area contributed by atoms with Crippen molar-refractivity contribution in [1.29, 1.82) is 0 Å². The van der Waals surface area contributed by atoms with Crippen LogP contribution in [0.5, 0.6) is 0 Å². The third-order valence-electron chi connectivity index (χ3n) is 5.39. The highest BCUT2D eigenvalue weighted by atomic mass is 35.5. The number of rotatable bonds is 6. The molecule has 2 fully saturated rings. The maximum atomic E-state index is 13.3. The predicted octanol–water partition coefficient (Wildman–Crippen LogP) is 1.90. The number of amides is 2. The standard InChI is InChI=1S/C21H28Cl2N2O6/c1-29-5-4-24-20(27)9-17-2-3-18-19(31-17)12-30-11-16(26)10-25(18)21(28)13-6-14(22)8-15(23)7-13/h6-8,16-19,26H,2-5,9-12H2,1H3,(H,24,27)/t16-,17+,18-,19+/m1/s1. The second kappa shape index (κ2) is 11.4. The number of fused-ring (bicyclic) bond motifs is 1. The lowest BCUT2D eigenvalue weighted by Gasteiger charge is -2.44. The molecule has 2 amide bonds. The molecule has 2 aliphatic heterocycles. The van der Waals surface area contributed by atoms with Crippen molar-refractivity contribution in [3.05, 3.63) is 33.8 Å². The van der Waals surface area contributed by atoms with E-state index in [0.717, 1.165) is 0 Å². The summed E-state index contributed by atoms with van der Waals surface area (Å²) in [5.74, 6) is -0.385. The van der Waals surface area contributed by atoms with Gasteiger partial charge in [-0.3, -0.25) is 9.59 Å². The van der Waals surface area contributed by atoms with Crippen LogP contribution >= 0.6 is 23.2 Å². The molecule has 4 atom stereocenters. The van der Waals surface area contributed by atoms with Gasteiger partial charge in [0.2, 0.25) is 5.91 Å². The molecule has 0 unspecified atom stereocenters. The normalized spacial score (nSPS) is 26.5. The van der Waals surface area contributed by atoms with Crippen molar-refractivity contribution in [1.82, 2.24) is 10.2 Å². The monoisotopic (exact) mass is 474 g/mol. The topological polar surface area (TPSA) is 97.3 Å². The maximum Gasteiger partial charge on any atom is 0.254 e. The Morgan fingerprint density at radius 2 is 1.97 bits per heavy atom. The summed E-state index contributed by atoms with van der Waals surface area (Å²) in [7, 11) is 1.58. The number of methoxy groups -OCH3 is 1. The zero-order valence-electron chi connectivity index (χ0n) is 17.4. The minimum Gasteiger partial charge on any atom is -0.389 e. The van der Waals surface area contributed by atoms with Crippen molar-refractivity contribution in [2.75, 3.05) is 40.0 Å². The highest BCUT2D eigenvalue weighted by molar-refractivity contribution is 6.35. The number of carbonyl (C=O) groups is 2. The third-order valence-corrected chi connectivity index (χ3v) is 5.83. The lowest BCUT2D eigenvalue weighted by atomic mass is 9.94. The molecule has 2 heterocycles. The first kappa shape index (κ1) is 24.2. The fourth-order valence-electron chi connectivity index (χ4n) is 3.99. The van der Waals surface area contributed by atoms with Crippen molar-refractivity contribution >= 4 is 35.0 Å². The average Bonchev–Trinajstić information content (AvgIpc) is 2.70. The minimum atomic E-state index is -0.816. The molecule has 2 aliphatic rings. The molecule has 0 saturated carbocycles. The Hall–Kier alpha value is -1.42. The van der Waals surface area contributed by atoms with Gasteiger partial charge in [-0.15, -0.1) is 0 Å². The lowest BCUT2D eigenvalue weighted by Crippen LogP contribution is -2.57. The molecule has 2 saturated heterocycles. The summed E-state index contributed by atoms with van der Waals surface area (Å²) >= 11 is 12.2. The summed E-state index contributed by atoms with van der Waals surface area (Å²) in [4.78, 5) is 27.1. The summed E-state index contributed by atoms with van der Waals surface area (Å²) in [6, 6.07) is 4.38. The quantitative estimate of drug-likeness (QED) is 0.611. The molecule has 0 radical (unpaired) electrons. The van der Waals surface area contributed by atoms with E-state index >= 15 is 0 Å². The third kappa shape index (κ3) is 6.78. The molecule has 31 heavy (non-hydrogen) atoms. The number of nitrogens with one attached hydrogen (secondary N) is 1. The van der Waals surface area contributed by atoms with Crippen LogP contribution in [0.3, 0.4) is 0 Å². The number of β-amino-alcohol motifs (C(OH)–C–C–N with tert-alkyl or cyclic N) is 1. The summed E-state index contributed by atoms with van der Waals surface area (Å²) in [6.07, 6.45) is -0.0334. The van der Waals surface area contributed by atoms with Gasteiger partial charge >= 0.3 is 0 Å². The van der Waals surface area contributed by atoms with Gasteiger partial charge in [-0.2, -0.15) is 0 Å². The molecule has 10 heteroatoms. The SMILES string of the molecule is COCCNC(=O)C[C@@H]1CC[C@@H]2[C@H](COC[C@H](O)CN2C(=O)c2cc(Cl)cc(Cl)c2)O1. The molecule has 8 nitrogen and oxygen atoms in total. The molecular weight excluding hydrogens is 447 g/mol. The second-order valence-corrected chi connectivity index (χ2v) is 8.67. The van der Waals surface area contributed by atoms with Crippen LogP contribution in [0.2, 0.25) is 10.0 Å². The number of aliphatic hydroxyl groups is 1. The van der Waals surface area contributed by atoms with E-state index in [1.165, 1.54) is 0 Å². The zero-order chi connectivity index (χ0) is 22.4. The van der Waals surface area contributed by atoms with E-state index in [0.29, 0.717) is 41.6 Å². The van der Waals surface area contributed by atoms with Gasteiger partial charge in [-0.1, -0.05) is 23.2 Å². The molecule has 0 aromatic heterocycles. The minimum absolute atomic E-state index is 0.0921. The van der Waals surface area contributed by atoms with Crippen molar-refractivity contribution < 1.29 is 28.9 Å². The highest BCUT2D eigenvalue weighted by Crippen LogP contribution is 2.29. The number of aliphatic hydroxyl groups excluding tert-OH is 1. The molecule has 0 aliphatic carbocycles. The number of carbonyl (C=O) groups excluding carboxylic acids is 2. The van der Waals surface area contributed by atoms with Crippen LogP contribution in [0, 0.1) is 0 Å². The van der Waals surface area contributed by atoms with Crippen LogP contribution in [-0.4, -0.2) is 86.2 Å². The molecular formula is C21H28Cl2N2O6. The number of hydrogen-bond acceptors (Lipinski definition) is 6. The summed E-state index contributed by atoms with van der Waals surface area (Å²) in [5, 5.41) is 13.8. The number of nitrogens with zero attached hydrogens (tertiary/aromatic N) is 1. The summed E-state index contributed by atoms with van der Waals surface area (Å²) in [5.41, 5.74) is 0.351. The van der Waals surface area contributed by atoms with E-state index in [1.54, 1.807) is 30.2 Å². The van der Waals surface area contributed by atoms with Crippen LogP contribution in [0.4, 0.5) is 0 Å². The van der Waals surface area contributed by atoms with E-state index in [1.807, 2.05) is 0 Å². The van der Waals surface area contributed by atoms with Crippen LogP contribution in [0.1, 0.15) is 29.6 Å². The first-order valence-corrected chi connectivity index (χ1v) is 11.1. The molecule has 0 bridgehead atoms. The predicted molar refractivity (Wildman–Crippen MR) is 116 cm³/mol. The van der Waals surface area contributed by atoms with E-state index in [4.69, 9.17) is 37.4 Å².